The average molecular weight is 98.2 g/mol. The molecule has 0 bridgehead atoms. The third-order valence-electron chi connectivity index (χ3n) is 0.908. The largest absolute Gasteiger partial charge is 0.381 e. The summed E-state index contributed by atoms with van der Waals surface area (Å²) in [7, 11) is 3.95. The molecular weight excluding hydrogens is 86.1 g/mol. The fourth-order valence-electron chi connectivity index (χ4n) is 0.258. The fourth-order valence-corrected chi connectivity index (χ4v) is 0.258. The van der Waals surface area contributed by atoms with E-state index in [9.17, 15) is 0 Å². The molecule has 0 fully saturated rings. The lowest BCUT2D eigenvalue weighted by molar-refractivity contribution is 0.528. The van der Waals surface area contributed by atoms with E-state index in [0.29, 0.717) is 0 Å². The van der Waals surface area contributed by atoms with Gasteiger partial charge in [-0.3, -0.25) is 0 Å². The van der Waals surface area contributed by atoms with Crippen LogP contribution in [0.2, 0.25) is 0 Å². The highest BCUT2D eigenvalue weighted by Gasteiger charge is 1.83. The Bertz CT molecular complexity index is 72.2. The van der Waals surface area contributed by atoms with Crippen molar-refractivity contribution in [2.45, 2.75) is 6.92 Å². The Morgan fingerprint density at radius 1 is 1.57 bits per heavy atom. The molecule has 1 radical (unpaired) electrons. The quantitative estimate of drug-likeness (QED) is 0.477. The third kappa shape index (κ3) is 2.26. The molecule has 0 saturated carbocycles. The van der Waals surface area contributed by atoms with Crippen LogP contribution in [0.25, 0.3) is 0 Å². The van der Waals surface area contributed by atoms with Gasteiger partial charge in [-0.05, 0) is 13.8 Å². The summed E-state index contributed by atoms with van der Waals surface area (Å²) in [5.74, 6) is 0. The molecule has 0 aromatic heterocycles. The molecule has 1 nitrogen and oxygen atoms in total. The van der Waals surface area contributed by atoms with E-state index in [1.54, 1.807) is 0 Å². The van der Waals surface area contributed by atoms with Crippen LogP contribution >= 0.6 is 0 Å². The van der Waals surface area contributed by atoms with Crippen LogP contribution < -0.4 is 0 Å². The standard InChI is InChI=1S/C6H12N/c1-5-6(2)7(3)4/h5H,2H2,1,3-4H3. The van der Waals surface area contributed by atoms with Crippen molar-refractivity contribution in [3.8, 4) is 0 Å². The zero-order valence-electron chi connectivity index (χ0n) is 5.23. The summed E-state index contributed by atoms with van der Waals surface area (Å²) in [6.07, 6.45) is 1.97. The van der Waals surface area contributed by atoms with E-state index in [1.807, 2.05) is 32.0 Å². The van der Waals surface area contributed by atoms with Crippen molar-refractivity contribution < 1.29 is 0 Å². The average Bonchev–Trinajstić information content (AvgIpc) is 1.65. The Morgan fingerprint density at radius 3 is 2.00 bits per heavy atom. The van der Waals surface area contributed by atoms with Crippen molar-refractivity contribution in [2.24, 2.45) is 0 Å². The monoisotopic (exact) mass is 98.1 g/mol. The minimum Gasteiger partial charge on any atom is -0.381 e. The maximum absolute atomic E-state index is 3.74. The van der Waals surface area contributed by atoms with Crippen LogP contribution in [-0.2, 0) is 0 Å². The highest BCUT2D eigenvalue weighted by atomic mass is 15.1. The van der Waals surface area contributed by atoms with Crippen LogP contribution in [0, 0.1) is 6.92 Å². The van der Waals surface area contributed by atoms with Gasteiger partial charge in [-0.1, -0.05) is 6.08 Å². The first-order valence-electron chi connectivity index (χ1n) is 2.34. The molecule has 0 spiro atoms. The molecule has 0 unspecified atom stereocenters. The van der Waals surface area contributed by atoms with Gasteiger partial charge in [-0.15, -0.1) is 0 Å². The van der Waals surface area contributed by atoms with Crippen LogP contribution in [0.3, 0.4) is 0 Å². The molecule has 0 saturated heterocycles. The summed E-state index contributed by atoms with van der Waals surface area (Å²) in [5, 5.41) is 0. The lowest BCUT2D eigenvalue weighted by Crippen LogP contribution is -2.07. The van der Waals surface area contributed by atoms with Crippen molar-refractivity contribution >= 4 is 0 Å². The molecule has 0 aromatic carbocycles. The second kappa shape index (κ2) is 2.67. The van der Waals surface area contributed by atoms with E-state index in [1.165, 1.54) is 0 Å². The van der Waals surface area contributed by atoms with E-state index < -0.39 is 0 Å². The van der Waals surface area contributed by atoms with Gasteiger partial charge in [-0.25, -0.2) is 0 Å². The Labute approximate surface area is 45.6 Å². The molecule has 0 atom stereocenters. The Hall–Kier alpha value is -0.460. The first-order chi connectivity index (χ1) is 3.18. The van der Waals surface area contributed by atoms with Gasteiger partial charge in [0.15, 0.2) is 0 Å². The number of rotatable bonds is 1. The van der Waals surface area contributed by atoms with Gasteiger partial charge in [0, 0.05) is 19.8 Å². The van der Waals surface area contributed by atoms with E-state index >= 15 is 0 Å². The normalized spacial score (nSPS) is 11.7. The molecule has 0 aliphatic carbocycles. The maximum atomic E-state index is 3.74. The summed E-state index contributed by atoms with van der Waals surface area (Å²) in [4.78, 5) is 1.97. The van der Waals surface area contributed by atoms with Crippen molar-refractivity contribution in [3.05, 3.63) is 18.7 Å². The smallest absolute Gasteiger partial charge is 0.00880 e. The highest BCUT2D eigenvalue weighted by Crippen LogP contribution is 1.91. The van der Waals surface area contributed by atoms with Crippen LogP contribution in [-0.4, -0.2) is 19.0 Å². The van der Waals surface area contributed by atoms with Crippen LogP contribution in [0.4, 0.5) is 0 Å². The first-order valence-corrected chi connectivity index (χ1v) is 2.34. The molecule has 0 rings (SSSR count). The zero-order chi connectivity index (χ0) is 5.86. The van der Waals surface area contributed by atoms with E-state index in [2.05, 4.69) is 6.92 Å². The van der Waals surface area contributed by atoms with Gasteiger partial charge in [0.05, 0.1) is 0 Å². The van der Waals surface area contributed by atoms with Gasteiger partial charge >= 0.3 is 0 Å². The highest BCUT2D eigenvalue weighted by molar-refractivity contribution is 4.99. The molecule has 1 heteroatoms. The molecule has 0 N–H and O–H groups in total. The predicted octanol–water partition coefficient (Wildman–Crippen LogP) is 1.29. The lowest BCUT2D eigenvalue weighted by atomic mass is 10.4. The van der Waals surface area contributed by atoms with Crippen molar-refractivity contribution in [1.82, 2.24) is 4.90 Å². The lowest BCUT2D eigenvalue weighted by Gasteiger charge is -2.10. The van der Waals surface area contributed by atoms with Gasteiger partial charge in [0.1, 0.15) is 0 Å². The second-order valence-electron chi connectivity index (χ2n) is 1.67. The first kappa shape index (κ1) is 6.54. The topological polar surface area (TPSA) is 3.24 Å². The van der Waals surface area contributed by atoms with Crippen molar-refractivity contribution in [2.75, 3.05) is 14.1 Å². The van der Waals surface area contributed by atoms with Crippen LogP contribution in [0.1, 0.15) is 6.92 Å². The zero-order valence-corrected chi connectivity index (χ0v) is 5.23. The summed E-state index contributed by atoms with van der Waals surface area (Å²) >= 11 is 0. The third-order valence-corrected chi connectivity index (χ3v) is 0.908. The molecule has 0 heterocycles. The Balaban J connectivity index is 3.56. The summed E-state index contributed by atoms with van der Waals surface area (Å²) in [6, 6.07) is 0. The van der Waals surface area contributed by atoms with Crippen LogP contribution in [0.15, 0.2) is 11.8 Å². The molecule has 0 aliphatic rings. The molecular formula is C6H12N. The van der Waals surface area contributed by atoms with Crippen LogP contribution in [0.5, 0.6) is 0 Å². The predicted molar refractivity (Wildman–Crippen MR) is 32.8 cm³/mol. The molecule has 7 heavy (non-hydrogen) atoms. The van der Waals surface area contributed by atoms with Gasteiger partial charge < -0.3 is 4.90 Å². The number of allylic oxidation sites excluding steroid dienone is 2. The summed E-state index contributed by atoms with van der Waals surface area (Å²) < 4.78 is 0. The fraction of sp³-hybridized carbons (Fsp3) is 0.500. The molecule has 41 valence electrons. The van der Waals surface area contributed by atoms with E-state index in [-0.39, 0.29) is 0 Å². The van der Waals surface area contributed by atoms with Crippen molar-refractivity contribution in [1.29, 1.82) is 0 Å². The SMILES string of the molecule is [CH2]C(=CC)N(C)C. The minimum atomic E-state index is 1.06. The minimum absolute atomic E-state index is 1.06. The maximum Gasteiger partial charge on any atom is 0.00880 e. The van der Waals surface area contributed by atoms with Gasteiger partial charge in [-0.2, -0.15) is 0 Å². The number of hydrogen-bond acceptors (Lipinski definition) is 1. The Morgan fingerprint density at radius 2 is 2.00 bits per heavy atom. The van der Waals surface area contributed by atoms with Gasteiger partial charge in [0.25, 0.3) is 0 Å². The van der Waals surface area contributed by atoms with E-state index in [0.717, 1.165) is 5.70 Å². The second-order valence-corrected chi connectivity index (χ2v) is 1.67. The molecule has 0 aliphatic heterocycles. The summed E-state index contributed by atoms with van der Waals surface area (Å²) in [5.41, 5.74) is 1.06. The number of hydrogen-bond donors (Lipinski definition) is 0. The van der Waals surface area contributed by atoms with Gasteiger partial charge in [0.2, 0.25) is 0 Å². The molecule has 0 aromatic rings. The number of nitrogens with zero attached hydrogens (tertiary/aromatic N) is 1. The van der Waals surface area contributed by atoms with Crippen molar-refractivity contribution in [3.63, 3.8) is 0 Å². The summed E-state index contributed by atoms with van der Waals surface area (Å²) in [6.45, 7) is 5.72. The Kier molecular flexibility index (Phi) is 2.49. The van der Waals surface area contributed by atoms with E-state index in [4.69, 9.17) is 0 Å². The molecule has 0 amide bonds.